The molecule has 6 heteroatoms. The van der Waals surface area contributed by atoms with Crippen LogP contribution in [0.3, 0.4) is 0 Å². The van der Waals surface area contributed by atoms with Crippen LogP contribution in [0.1, 0.15) is 53.5 Å². The molecule has 6 aromatic rings. The molecule has 0 aromatic heterocycles. The Bertz CT molecular complexity index is 2550. The highest BCUT2D eigenvalue weighted by atomic mass is 16.5. The summed E-state index contributed by atoms with van der Waals surface area (Å²) in [6.45, 7) is 3.26. The van der Waals surface area contributed by atoms with Crippen molar-refractivity contribution in [1.29, 1.82) is 0 Å². The molecule has 1 saturated heterocycles. The lowest BCUT2D eigenvalue weighted by Crippen LogP contribution is -2.37. The molecule has 2 heterocycles. The number of fused-ring (bicyclic) bond motifs is 13. The fourth-order valence-electron chi connectivity index (χ4n) is 11.3. The Balaban J connectivity index is 1.18. The number of rotatable bonds is 7. The maximum Gasteiger partial charge on any atom is 0.178 e. The number of ether oxygens (including phenoxy) is 5. The molecule has 6 nitrogen and oxygen atoms in total. The molecular weight excluding hydrogens is 707 g/mol. The minimum absolute atomic E-state index is 0.0546. The third kappa shape index (κ3) is 5.05. The van der Waals surface area contributed by atoms with E-state index in [9.17, 15) is 0 Å². The van der Waals surface area contributed by atoms with Crippen LogP contribution in [0, 0.1) is 11.8 Å². The number of anilines is 1. The van der Waals surface area contributed by atoms with Crippen LogP contribution < -0.4 is 23.8 Å². The lowest BCUT2D eigenvalue weighted by Gasteiger charge is -2.41. The van der Waals surface area contributed by atoms with Gasteiger partial charge in [-0.1, -0.05) is 73.2 Å². The molecule has 2 bridgehead atoms. The van der Waals surface area contributed by atoms with Crippen LogP contribution in [-0.4, -0.2) is 47.6 Å². The van der Waals surface area contributed by atoms with Crippen molar-refractivity contribution < 1.29 is 23.7 Å². The fourth-order valence-corrected chi connectivity index (χ4v) is 11.3. The molecule has 4 unspecified atom stereocenters. The van der Waals surface area contributed by atoms with Gasteiger partial charge in [0.15, 0.2) is 5.60 Å². The maximum absolute atomic E-state index is 7.81. The van der Waals surface area contributed by atoms with Gasteiger partial charge in [-0.2, -0.15) is 0 Å². The molecule has 3 fully saturated rings. The Morgan fingerprint density at radius 3 is 2.07 bits per heavy atom. The second-order valence-corrected chi connectivity index (χ2v) is 16.5. The van der Waals surface area contributed by atoms with E-state index in [1.54, 1.807) is 21.3 Å². The molecule has 3 aliphatic carbocycles. The van der Waals surface area contributed by atoms with E-state index in [1.165, 1.54) is 64.6 Å². The van der Waals surface area contributed by atoms with Crippen molar-refractivity contribution in [2.24, 2.45) is 11.8 Å². The van der Waals surface area contributed by atoms with E-state index in [-0.39, 0.29) is 5.41 Å². The van der Waals surface area contributed by atoms with E-state index in [1.807, 2.05) is 24.3 Å². The Labute approximate surface area is 334 Å². The first-order chi connectivity index (χ1) is 28.0. The summed E-state index contributed by atoms with van der Waals surface area (Å²) >= 11 is 0. The highest BCUT2D eigenvalue weighted by molar-refractivity contribution is 6.11. The summed E-state index contributed by atoms with van der Waals surface area (Å²) in [6.07, 6.45) is 9.78. The summed E-state index contributed by atoms with van der Waals surface area (Å²) in [5.74, 6) is 4.69. The third-order valence-corrected chi connectivity index (χ3v) is 13.9. The number of nitrogens with zero attached hydrogens (tertiary/aromatic N) is 1. The van der Waals surface area contributed by atoms with Crippen LogP contribution in [0.25, 0.3) is 39.1 Å². The average Bonchev–Trinajstić information content (AvgIpc) is 3.99. The van der Waals surface area contributed by atoms with Crippen molar-refractivity contribution in [3.05, 3.63) is 143 Å². The monoisotopic (exact) mass is 753 g/mol. The van der Waals surface area contributed by atoms with Crippen molar-refractivity contribution >= 4 is 22.5 Å². The van der Waals surface area contributed by atoms with Gasteiger partial charge in [-0.25, -0.2) is 0 Å². The molecule has 57 heavy (non-hydrogen) atoms. The second kappa shape index (κ2) is 13.2. The van der Waals surface area contributed by atoms with Crippen molar-refractivity contribution in [1.82, 2.24) is 0 Å². The molecule has 286 valence electrons. The standard InChI is InChI=1S/C51H47NO5/c1-53-38-18-9-33(10-19-38)42-29-43-44(30-46(42)55-3)49-41(48-47(43)40-6-4-5-7-45(40)50(48)31-32-8-11-36(50)28-32)22-23-51(57-49,35-14-20-39(54-2)21-15-35)34-12-16-37(17-13-34)52-24-26-56-27-25-52/h4-7,9-10,12-23,29-30,32,36H,8,11,24-28,31H2,1-3H3. The molecule has 2 aliphatic heterocycles. The number of methoxy groups -OCH3 is 3. The van der Waals surface area contributed by atoms with Gasteiger partial charge in [0.25, 0.3) is 0 Å². The summed E-state index contributed by atoms with van der Waals surface area (Å²) in [7, 11) is 5.19. The Hall–Kier alpha value is -5.72. The Morgan fingerprint density at radius 2 is 1.40 bits per heavy atom. The highest BCUT2D eigenvalue weighted by Gasteiger charge is 2.58. The van der Waals surface area contributed by atoms with Gasteiger partial charge in [-0.3, -0.25) is 0 Å². The number of morpholine rings is 1. The van der Waals surface area contributed by atoms with Gasteiger partial charge >= 0.3 is 0 Å². The van der Waals surface area contributed by atoms with Crippen LogP contribution >= 0.6 is 0 Å². The molecule has 2 saturated carbocycles. The summed E-state index contributed by atoms with van der Waals surface area (Å²) in [6, 6.07) is 39.5. The van der Waals surface area contributed by atoms with Crippen LogP contribution in [-0.2, 0) is 15.8 Å². The zero-order valence-electron chi connectivity index (χ0n) is 32.8. The Kier molecular flexibility index (Phi) is 7.98. The first kappa shape index (κ1) is 34.5. The molecule has 4 atom stereocenters. The summed E-state index contributed by atoms with van der Waals surface area (Å²) in [4.78, 5) is 2.40. The number of hydrogen-bond acceptors (Lipinski definition) is 6. The second-order valence-electron chi connectivity index (χ2n) is 16.5. The van der Waals surface area contributed by atoms with E-state index >= 15 is 0 Å². The first-order valence-corrected chi connectivity index (χ1v) is 20.5. The highest BCUT2D eigenvalue weighted by Crippen LogP contribution is 2.69. The molecule has 11 rings (SSSR count). The summed E-state index contributed by atoms with van der Waals surface area (Å²) in [5.41, 5.74) is 11.3. The largest absolute Gasteiger partial charge is 0.497 e. The van der Waals surface area contributed by atoms with Gasteiger partial charge < -0.3 is 28.6 Å². The zero-order chi connectivity index (χ0) is 38.3. The van der Waals surface area contributed by atoms with Gasteiger partial charge in [0, 0.05) is 51.8 Å². The number of hydrogen-bond donors (Lipinski definition) is 0. The van der Waals surface area contributed by atoms with Gasteiger partial charge in [-0.15, -0.1) is 0 Å². The molecule has 0 radical (unpaired) electrons. The average molecular weight is 754 g/mol. The molecule has 5 aliphatic rings. The lowest BCUT2D eigenvalue weighted by atomic mass is 9.65. The smallest absolute Gasteiger partial charge is 0.178 e. The molecule has 0 N–H and O–H groups in total. The predicted octanol–water partition coefficient (Wildman–Crippen LogP) is 10.8. The third-order valence-electron chi connectivity index (χ3n) is 13.9. The normalized spacial score (nSPS) is 23.9. The summed E-state index contributed by atoms with van der Waals surface area (Å²) in [5, 5.41) is 2.25. The van der Waals surface area contributed by atoms with Gasteiger partial charge in [-0.05, 0) is 119 Å². The van der Waals surface area contributed by atoms with Gasteiger partial charge in [0.1, 0.15) is 23.0 Å². The van der Waals surface area contributed by atoms with Crippen molar-refractivity contribution in [3.8, 4) is 45.3 Å². The SMILES string of the molecule is COc1ccc(-c2cc3c4c(c5c(c3cc2OC)OC(c2ccc(OC)cc2)(c2ccc(N3CCOCC3)cc2)C=C5)C2(CC3CCC2C3)c2ccccc2-4)cc1. The predicted molar refractivity (Wildman–Crippen MR) is 227 cm³/mol. The topological polar surface area (TPSA) is 49.4 Å². The first-order valence-electron chi connectivity index (χ1n) is 20.5. The van der Waals surface area contributed by atoms with E-state index in [0.717, 1.165) is 82.9 Å². The van der Waals surface area contributed by atoms with Crippen LogP contribution in [0.15, 0.2) is 115 Å². The van der Waals surface area contributed by atoms with Crippen molar-refractivity contribution in [3.63, 3.8) is 0 Å². The van der Waals surface area contributed by atoms with E-state index in [4.69, 9.17) is 23.7 Å². The molecule has 0 amide bonds. The minimum Gasteiger partial charge on any atom is -0.497 e. The minimum atomic E-state index is -0.904. The number of benzene rings is 6. The molecular formula is C51H47NO5. The van der Waals surface area contributed by atoms with E-state index < -0.39 is 5.60 Å². The summed E-state index contributed by atoms with van der Waals surface area (Å²) < 4.78 is 30.9. The van der Waals surface area contributed by atoms with E-state index in [0.29, 0.717) is 5.92 Å². The molecule has 1 spiro atoms. The lowest BCUT2D eigenvalue weighted by molar-refractivity contribution is 0.122. The maximum atomic E-state index is 7.81. The van der Waals surface area contributed by atoms with E-state index in [2.05, 4.69) is 102 Å². The van der Waals surface area contributed by atoms with Crippen molar-refractivity contribution in [2.45, 2.75) is 36.7 Å². The van der Waals surface area contributed by atoms with Crippen molar-refractivity contribution in [2.75, 3.05) is 52.5 Å². The van der Waals surface area contributed by atoms with Gasteiger partial charge in [0.05, 0.1) is 34.5 Å². The quantitative estimate of drug-likeness (QED) is 0.162. The van der Waals surface area contributed by atoms with Crippen LogP contribution in [0.4, 0.5) is 5.69 Å². The zero-order valence-corrected chi connectivity index (χ0v) is 32.8. The Morgan fingerprint density at radius 1 is 0.702 bits per heavy atom. The fraction of sp³-hybridized carbons (Fsp3) is 0.294. The van der Waals surface area contributed by atoms with Crippen LogP contribution in [0.2, 0.25) is 0 Å². The van der Waals surface area contributed by atoms with Gasteiger partial charge in [0.2, 0.25) is 0 Å². The molecule has 6 aromatic carbocycles. The van der Waals surface area contributed by atoms with Crippen LogP contribution in [0.5, 0.6) is 23.0 Å².